The van der Waals surface area contributed by atoms with Gasteiger partial charge in [0.2, 0.25) is 0 Å². The fraction of sp³-hybridized carbons (Fsp3) is 0.500. The van der Waals surface area contributed by atoms with E-state index in [1.807, 2.05) is 13.8 Å². The molecule has 0 saturated carbocycles. The summed E-state index contributed by atoms with van der Waals surface area (Å²) in [6.45, 7) is 7.36. The van der Waals surface area contributed by atoms with E-state index in [-0.39, 0.29) is 12.1 Å². The molecule has 0 aromatic heterocycles. The Morgan fingerprint density at radius 2 is 2.33 bits per heavy atom. The summed E-state index contributed by atoms with van der Waals surface area (Å²) in [7, 11) is 0. The molecule has 0 amide bonds. The van der Waals surface area contributed by atoms with Gasteiger partial charge >= 0.3 is 5.97 Å². The molecule has 2 heteroatoms. The van der Waals surface area contributed by atoms with E-state index in [9.17, 15) is 4.79 Å². The van der Waals surface area contributed by atoms with Gasteiger partial charge in [-0.15, -0.1) is 0 Å². The van der Waals surface area contributed by atoms with Gasteiger partial charge < -0.3 is 4.74 Å². The Morgan fingerprint density at radius 1 is 1.67 bits per heavy atom. The average molecular weight is 168 g/mol. The van der Waals surface area contributed by atoms with Gasteiger partial charge in [0.25, 0.3) is 0 Å². The highest BCUT2D eigenvalue weighted by atomic mass is 16.5. The van der Waals surface area contributed by atoms with E-state index >= 15 is 0 Å². The zero-order chi connectivity index (χ0) is 9.40. The van der Waals surface area contributed by atoms with E-state index in [1.165, 1.54) is 0 Å². The number of hydrogen-bond donors (Lipinski definition) is 0. The van der Waals surface area contributed by atoms with Crippen molar-refractivity contribution in [3.8, 4) is 0 Å². The molecule has 0 aliphatic carbocycles. The standard InChI is InChI=1S/C10H16O2/c1-4-6-7-8-10(11)12-9(3)5-2/h4,6-7,9H,1,5,8H2,2-3H3/b7-6+. The maximum Gasteiger partial charge on any atom is 0.309 e. The van der Waals surface area contributed by atoms with Crippen LogP contribution >= 0.6 is 0 Å². The van der Waals surface area contributed by atoms with E-state index in [0.717, 1.165) is 6.42 Å². The third kappa shape index (κ3) is 5.71. The van der Waals surface area contributed by atoms with Gasteiger partial charge in [0.15, 0.2) is 0 Å². The number of esters is 1. The summed E-state index contributed by atoms with van der Waals surface area (Å²) >= 11 is 0. The second kappa shape index (κ2) is 6.65. The second-order valence-corrected chi connectivity index (χ2v) is 2.58. The smallest absolute Gasteiger partial charge is 0.309 e. The van der Waals surface area contributed by atoms with Gasteiger partial charge in [0.1, 0.15) is 0 Å². The molecule has 0 spiro atoms. The maximum absolute atomic E-state index is 11.0. The average Bonchev–Trinajstić information content (AvgIpc) is 2.05. The van der Waals surface area contributed by atoms with Crippen molar-refractivity contribution in [2.75, 3.05) is 0 Å². The highest BCUT2D eigenvalue weighted by molar-refractivity contribution is 5.71. The lowest BCUT2D eigenvalue weighted by molar-refractivity contribution is -0.147. The number of carbonyl (C=O) groups excluding carboxylic acids is 1. The van der Waals surface area contributed by atoms with Gasteiger partial charge in [-0.2, -0.15) is 0 Å². The monoisotopic (exact) mass is 168 g/mol. The largest absolute Gasteiger partial charge is 0.462 e. The number of allylic oxidation sites excluding steroid dienone is 2. The Hall–Kier alpha value is -1.05. The van der Waals surface area contributed by atoms with Crippen LogP contribution < -0.4 is 0 Å². The minimum absolute atomic E-state index is 0.0228. The van der Waals surface area contributed by atoms with Gasteiger partial charge in [-0.25, -0.2) is 0 Å². The fourth-order valence-corrected chi connectivity index (χ4v) is 0.616. The number of rotatable bonds is 5. The lowest BCUT2D eigenvalue weighted by atomic mass is 10.3. The van der Waals surface area contributed by atoms with Crippen molar-refractivity contribution >= 4 is 5.97 Å². The van der Waals surface area contributed by atoms with Crippen molar-refractivity contribution in [3.63, 3.8) is 0 Å². The summed E-state index contributed by atoms with van der Waals surface area (Å²) in [6, 6.07) is 0. The first-order chi connectivity index (χ1) is 5.70. The third-order valence-electron chi connectivity index (χ3n) is 1.46. The second-order valence-electron chi connectivity index (χ2n) is 2.58. The Balaban J connectivity index is 3.59. The van der Waals surface area contributed by atoms with Gasteiger partial charge in [-0.3, -0.25) is 4.79 Å². The van der Waals surface area contributed by atoms with Crippen LogP contribution in [0.1, 0.15) is 26.7 Å². The van der Waals surface area contributed by atoms with Crippen LogP contribution in [0.4, 0.5) is 0 Å². The molecule has 1 atom stereocenters. The lowest BCUT2D eigenvalue weighted by Gasteiger charge is -2.08. The Kier molecular flexibility index (Phi) is 6.07. The predicted molar refractivity (Wildman–Crippen MR) is 49.8 cm³/mol. The first-order valence-electron chi connectivity index (χ1n) is 4.17. The maximum atomic E-state index is 11.0. The number of hydrogen-bond acceptors (Lipinski definition) is 2. The van der Waals surface area contributed by atoms with Crippen LogP contribution in [0.15, 0.2) is 24.8 Å². The van der Waals surface area contributed by atoms with Crippen LogP contribution in [0.3, 0.4) is 0 Å². The molecule has 0 bridgehead atoms. The molecule has 68 valence electrons. The van der Waals surface area contributed by atoms with E-state index in [0.29, 0.717) is 6.42 Å². The zero-order valence-corrected chi connectivity index (χ0v) is 7.75. The van der Waals surface area contributed by atoms with Crippen molar-refractivity contribution in [3.05, 3.63) is 24.8 Å². The Labute approximate surface area is 73.9 Å². The van der Waals surface area contributed by atoms with E-state index in [2.05, 4.69) is 6.58 Å². The first-order valence-corrected chi connectivity index (χ1v) is 4.17. The first kappa shape index (κ1) is 11.0. The summed E-state index contributed by atoms with van der Waals surface area (Å²) in [5.74, 6) is -0.178. The molecule has 0 aliphatic rings. The molecular formula is C10H16O2. The lowest BCUT2D eigenvalue weighted by Crippen LogP contribution is -2.12. The van der Waals surface area contributed by atoms with Gasteiger partial charge in [0, 0.05) is 0 Å². The Morgan fingerprint density at radius 3 is 2.83 bits per heavy atom. The highest BCUT2D eigenvalue weighted by Gasteiger charge is 2.04. The molecule has 12 heavy (non-hydrogen) atoms. The van der Waals surface area contributed by atoms with Crippen LogP contribution in [0.25, 0.3) is 0 Å². The summed E-state index contributed by atoms with van der Waals surface area (Å²) in [5, 5.41) is 0. The molecule has 0 N–H and O–H groups in total. The van der Waals surface area contributed by atoms with Crippen LogP contribution in [-0.2, 0) is 9.53 Å². The molecule has 2 nitrogen and oxygen atoms in total. The minimum atomic E-state index is -0.178. The topological polar surface area (TPSA) is 26.3 Å². The Bertz CT molecular complexity index is 171. The molecular weight excluding hydrogens is 152 g/mol. The zero-order valence-electron chi connectivity index (χ0n) is 7.75. The summed E-state index contributed by atoms with van der Waals surface area (Å²) < 4.78 is 5.02. The van der Waals surface area contributed by atoms with Crippen molar-refractivity contribution < 1.29 is 9.53 Å². The van der Waals surface area contributed by atoms with Crippen LogP contribution in [0.2, 0.25) is 0 Å². The molecule has 0 aromatic rings. The van der Waals surface area contributed by atoms with Gasteiger partial charge in [-0.05, 0) is 13.3 Å². The molecule has 0 aromatic carbocycles. The predicted octanol–water partition coefficient (Wildman–Crippen LogP) is 2.46. The van der Waals surface area contributed by atoms with Crippen molar-refractivity contribution in [1.29, 1.82) is 0 Å². The van der Waals surface area contributed by atoms with E-state index < -0.39 is 0 Å². The van der Waals surface area contributed by atoms with Crippen molar-refractivity contribution in [2.45, 2.75) is 32.8 Å². The normalized spacial score (nSPS) is 12.8. The quantitative estimate of drug-likeness (QED) is 0.465. The van der Waals surface area contributed by atoms with Crippen LogP contribution in [-0.4, -0.2) is 12.1 Å². The van der Waals surface area contributed by atoms with E-state index in [1.54, 1.807) is 18.2 Å². The van der Waals surface area contributed by atoms with E-state index in [4.69, 9.17) is 4.74 Å². The molecule has 0 saturated heterocycles. The molecule has 0 fully saturated rings. The fourth-order valence-electron chi connectivity index (χ4n) is 0.616. The molecule has 0 radical (unpaired) electrons. The van der Waals surface area contributed by atoms with Crippen molar-refractivity contribution in [2.24, 2.45) is 0 Å². The van der Waals surface area contributed by atoms with Crippen LogP contribution in [0.5, 0.6) is 0 Å². The molecule has 0 rings (SSSR count). The number of ether oxygens (including phenoxy) is 1. The summed E-state index contributed by atoms with van der Waals surface area (Å²) in [4.78, 5) is 11.0. The minimum Gasteiger partial charge on any atom is -0.462 e. The van der Waals surface area contributed by atoms with Gasteiger partial charge in [0.05, 0.1) is 12.5 Å². The third-order valence-corrected chi connectivity index (χ3v) is 1.46. The van der Waals surface area contributed by atoms with Gasteiger partial charge in [-0.1, -0.05) is 31.7 Å². The summed E-state index contributed by atoms with van der Waals surface area (Å²) in [6.07, 6.45) is 6.31. The number of carbonyl (C=O) groups is 1. The highest BCUT2D eigenvalue weighted by Crippen LogP contribution is 1.98. The molecule has 0 aliphatic heterocycles. The SMILES string of the molecule is C=C/C=C/CC(=O)OC(C)CC. The van der Waals surface area contributed by atoms with Crippen LogP contribution in [0, 0.1) is 0 Å². The molecule has 0 heterocycles. The summed E-state index contributed by atoms with van der Waals surface area (Å²) in [5.41, 5.74) is 0. The van der Waals surface area contributed by atoms with Crippen molar-refractivity contribution in [1.82, 2.24) is 0 Å². The molecule has 1 unspecified atom stereocenters.